The highest BCUT2D eigenvalue weighted by Crippen LogP contribution is 2.40. The summed E-state index contributed by atoms with van der Waals surface area (Å²) in [7, 11) is -3.24. The Kier molecular flexibility index (Phi) is 4.23. The van der Waals surface area contributed by atoms with Crippen LogP contribution in [0, 0.1) is 5.92 Å². The van der Waals surface area contributed by atoms with E-state index in [-0.39, 0.29) is 24.5 Å². The second-order valence-corrected chi connectivity index (χ2v) is 7.39. The van der Waals surface area contributed by atoms with Gasteiger partial charge in [-0.3, -0.25) is 0 Å². The van der Waals surface area contributed by atoms with Crippen LogP contribution < -0.4 is 5.73 Å². The summed E-state index contributed by atoms with van der Waals surface area (Å²) in [6.45, 7) is 1.83. The maximum Gasteiger partial charge on any atom is 0.282 e. The van der Waals surface area contributed by atoms with Crippen molar-refractivity contribution in [1.82, 2.24) is 8.61 Å². The SMILES string of the molecule is Cl.NCC1CCCN1S(=O)(=O)N1CC2CCC1C2. The second-order valence-electron chi connectivity index (χ2n) is 5.55. The molecule has 5 nitrogen and oxygen atoms in total. The molecule has 18 heavy (non-hydrogen) atoms. The molecule has 3 atom stereocenters. The quantitative estimate of drug-likeness (QED) is 0.827. The molecule has 2 N–H and O–H groups in total. The first-order valence-electron chi connectivity index (χ1n) is 6.61. The third kappa shape index (κ3) is 2.18. The highest BCUT2D eigenvalue weighted by Gasteiger charge is 2.47. The Labute approximate surface area is 115 Å². The molecule has 2 saturated heterocycles. The van der Waals surface area contributed by atoms with Gasteiger partial charge in [0.2, 0.25) is 0 Å². The average molecular weight is 296 g/mol. The topological polar surface area (TPSA) is 66.6 Å². The molecule has 1 saturated carbocycles. The third-order valence-corrected chi connectivity index (χ3v) is 6.66. The van der Waals surface area contributed by atoms with Gasteiger partial charge in [0, 0.05) is 31.7 Å². The zero-order valence-corrected chi connectivity index (χ0v) is 12.1. The van der Waals surface area contributed by atoms with Crippen LogP contribution in [0.25, 0.3) is 0 Å². The average Bonchev–Trinajstić information content (AvgIpc) is 3.04. The van der Waals surface area contributed by atoms with Gasteiger partial charge in [0.05, 0.1) is 0 Å². The van der Waals surface area contributed by atoms with Crippen molar-refractivity contribution in [3.63, 3.8) is 0 Å². The number of hydrogen-bond acceptors (Lipinski definition) is 3. The van der Waals surface area contributed by atoms with Crippen LogP contribution in [0.1, 0.15) is 32.1 Å². The van der Waals surface area contributed by atoms with Crippen molar-refractivity contribution >= 4 is 22.6 Å². The molecule has 3 fully saturated rings. The van der Waals surface area contributed by atoms with E-state index in [0.29, 0.717) is 19.0 Å². The summed E-state index contributed by atoms with van der Waals surface area (Å²) in [5.74, 6) is 0.605. The van der Waals surface area contributed by atoms with Crippen LogP contribution in [0.3, 0.4) is 0 Å². The Bertz CT molecular complexity index is 391. The van der Waals surface area contributed by atoms with Gasteiger partial charge in [-0.1, -0.05) is 0 Å². The van der Waals surface area contributed by atoms with Crippen molar-refractivity contribution < 1.29 is 8.42 Å². The van der Waals surface area contributed by atoms with Gasteiger partial charge in [-0.2, -0.15) is 17.0 Å². The lowest BCUT2D eigenvalue weighted by Gasteiger charge is -2.32. The Morgan fingerprint density at radius 1 is 1.17 bits per heavy atom. The lowest BCUT2D eigenvalue weighted by molar-refractivity contribution is 0.287. The molecular weight excluding hydrogens is 274 g/mol. The summed E-state index contributed by atoms with van der Waals surface area (Å²) in [4.78, 5) is 0. The van der Waals surface area contributed by atoms with Gasteiger partial charge in [-0.25, -0.2) is 0 Å². The molecule has 0 aromatic heterocycles. The smallest absolute Gasteiger partial charge is 0.282 e. The minimum absolute atomic E-state index is 0. The molecule has 0 amide bonds. The fourth-order valence-electron chi connectivity index (χ4n) is 3.65. The molecule has 2 bridgehead atoms. The normalized spacial score (nSPS) is 37.1. The van der Waals surface area contributed by atoms with Crippen molar-refractivity contribution in [3.8, 4) is 0 Å². The maximum absolute atomic E-state index is 12.6. The molecule has 2 aliphatic heterocycles. The monoisotopic (exact) mass is 295 g/mol. The maximum atomic E-state index is 12.6. The first-order chi connectivity index (χ1) is 8.13. The number of piperidine rings is 1. The van der Waals surface area contributed by atoms with Crippen molar-refractivity contribution in [2.24, 2.45) is 11.7 Å². The van der Waals surface area contributed by atoms with Crippen LogP contribution >= 0.6 is 12.4 Å². The van der Waals surface area contributed by atoms with E-state index in [1.807, 2.05) is 0 Å². The van der Waals surface area contributed by atoms with Gasteiger partial charge in [0.25, 0.3) is 10.2 Å². The summed E-state index contributed by atoms with van der Waals surface area (Å²) in [5.41, 5.74) is 5.67. The molecule has 7 heteroatoms. The Hall–Kier alpha value is 0.120. The summed E-state index contributed by atoms with van der Waals surface area (Å²) < 4.78 is 28.6. The Morgan fingerprint density at radius 3 is 2.50 bits per heavy atom. The van der Waals surface area contributed by atoms with Crippen molar-refractivity contribution in [1.29, 1.82) is 0 Å². The zero-order valence-electron chi connectivity index (χ0n) is 10.5. The fourth-order valence-corrected chi connectivity index (χ4v) is 5.81. The van der Waals surface area contributed by atoms with E-state index in [2.05, 4.69) is 0 Å². The zero-order chi connectivity index (χ0) is 12.0. The highest BCUT2D eigenvalue weighted by atomic mass is 35.5. The first kappa shape index (κ1) is 14.5. The minimum Gasteiger partial charge on any atom is -0.329 e. The van der Waals surface area contributed by atoms with Crippen LogP contribution in [0.15, 0.2) is 0 Å². The van der Waals surface area contributed by atoms with Crippen LogP contribution in [-0.2, 0) is 10.2 Å². The summed E-state index contributed by atoms with van der Waals surface area (Å²) in [6.07, 6.45) is 5.18. The van der Waals surface area contributed by atoms with Gasteiger partial charge in [-0.15, -0.1) is 12.4 Å². The highest BCUT2D eigenvalue weighted by molar-refractivity contribution is 7.86. The number of halogens is 1. The Morgan fingerprint density at radius 2 is 1.94 bits per heavy atom. The summed E-state index contributed by atoms with van der Waals surface area (Å²) >= 11 is 0. The summed E-state index contributed by atoms with van der Waals surface area (Å²) in [6, 6.07) is 0.295. The molecule has 1 aliphatic carbocycles. The van der Waals surface area contributed by atoms with E-state index < -0.39 is 10.2 Å². The molecular formula is C11H22ClN3O2S. The van der Waals surface area contributed by atoms with Crippen molar-refractivity contribution in [3.05, 3.63) is 0 Å². The predicted octanol–water partition coefficient (Wildman–Crippen LogP) is 0.560. The van der Waals surface area contributed by atoms with E-state index in [1.54, 1.807) is 8.61 Å². The number of rotatable bonds is 3. The van der Waals surface area contributed by atoms with Crippen LogP contribution in [0.4, 0.5) is 0 Å². The second kappa shape index (κ2) is 5.25. The molecule has 0 spiro atoms. The van der Waals surface area contributed by atoms with Crippen LogP contribution in [-0.4, -0.2) is 48.7 Å². The molecule has 3 rings (SSSR count). The van der Waals surface area contributed by atoms with Crippen LogP contribution in [0.2, 0.25) is 0 Å². The first-order valence-corrected chi connectivity index (χ1v) is 8.01. The van der Waals surface area contributed by atoms with Gasteiger partial charge in [0.1, 0.15) is 0 Å². The molecule has 2 heterocycles. The van der Waals surface area contributed by atoms with Gasteiger partial charge < -0.3 is 5.73 Å². The molecule has 0 radical (unpaired) electrons. The molecule has 106 valence electrons. The van der Waals surface area contributed by atoms with E-state index in [4.69, 9.17) is 5.73 Å². The van der Waals surface area contributed by atoms with Crippen molar-refractivity contribution in [2.45, 2.75) is 44.2 Å². The van der Waals surface area contributed by atoms with Crippen LogP contribution in [0.5, 0.6) is 0 Å². The minimum atomic E-state index is -3.24. The number of fused-ring (bicyclic) bond motifs is 2. The van der Waals surface area contributed by atoms with Gasteiger partial charge in [0.15, 0.2) is 0 Å². The molecule has 0 aromatic rings. The van der Waals surface area contributed by atoms with Gasteiger partial charge in [-0.05, 0) is 38.0 Å². The van der Waals surface area contributed by atoms with Crippen molar-refractivity contribution in [2.75, 3.05) is 19.6 Å². The van der Waals surface area contributed by atoms with E-state index in [0.717, 1.165) is 32.2 Å². The van der Waals surface area contributed by atoms with E-state index in [1.165, 1.54) is 6.42 Å². The standard InChI is InChI=1S/C11H21N3O2S.ClH/c12-7-11-2-1-5-13(11)17(15,16)14-8-9-3-4-10(14)6-9;/h9-11H,1-8,12H2;1H. The molecule has 3 aliphatic rings. The number of hydrogen-bond donors (Lipinski definition) is 1. The van der Waals surface area contributed by atoms with Gasteiger partial charge >= 0.3 is 0 Å². The largest absolute Gasteiger partial charge is 0.329 e. The lowest BCUT2D eigenvalue weighted by atomic mass is 10.1. The predicted molar refractivity (Wildman–Crippen MR) is 72.8 cm³/mol. The Balaban J connectivity index is 0.00000120. The third-order valence-electron chi connectivity index (χ3n) is 4.55. The molecule has 0 aromatic carbocycles. The summed E-state index contributed by atoms with van der Waals surface area (Å²) in [5, 5.41) is 0. The lowest BCUT2D eigenvalue weighted by Crippen LogP contribution is -2.50. The number of nitrogens with two attached hydrogens (primary N) is 1. The number of nitrogens with zero attached hydrogens (tertiary/aromatic N) is 2. The fraction of sp³-hybridized carbons (Fsp3) is 1.00. The molecule has 3 unspecified atom stereocenters. The van der Waals surface area contributed by atoms with E-state index >= 15 is 0 Å². The van der Waals surface area contributed by atoms with E-state index in [9.17, 15) is 8.42 Å².